The molecular formula is C7H10N2O2. The summed E-state index contributed by atoms with van der Waals surface area (Å²) < 4.78 is 1.71. The van der Waals surface area contributed by atoms with Gasteiger partial charge < -0.3 is 9.67 Å². The predicted molar refractivity (Wildman–Crippen MR) is 39.3 cm³/mol. The van der Waals surface area contributed by atoms with Crippen LogP contribution in [0.2, 0.25) is 0 Å². The summed E-state index contributed by atoms with van der Waals surface area (Å²) in [5, 5.41) is 8.51. The average molecular weight is 154 g/mol. The Morgan fingerprint density at radius 3 is 3.18 bits per heavy atom. The Balaban J connectivity index is 2.61. The maximum absolute atomic E-state index is 10.3. The number of hydrogen-bond acceptors (Lipinski definition) is 3. The van der Waals surface area contributed by atoms with Gasteiger partial charge in [0, 0.05) is 25.5 Å². The maximum atomic E-state index is 10.3. The van der Waals surface area contributed by atoms with Crippen molar-refractivity contribution in [2.45, 2.75) is 13.0 Å². The number of carbonyl (C=O) groups excluding carboxylic acids is 1. The molecule has 0 aliphatic rings. The van der Waals surface area contributed by atoms with E-state index in [1.807, 2.05) is 0 Å². The number of aryl methyl sites for hydroxylation is 1. The first-order valence-corrected chi connectivity index (χ1v) is 3.45. The lowest BCUT2D eigenvalue weighted by Crippen LogP contribution is -2.03. The molecule has 1 aromatic rings. The van der Waals surface area contributed by atoms with E-state index in [1.165, 1.54) is 0 Å². The fraction of sp³-hybridized carbons (Fsp3) is 0.429. The smallest absolute Gasteiger partial charge is 0.185 e. The predicted octanol–water partition coefficient (Wildman–Crippen LogP) is 0.0780. The molecule has 0 spiro atoms. The summed E-state index contributed by atoms with van der Waals surface area (Å²) in [6, 6.07) is 0. The third-order valence-electron chi connectivity index (χ3n) is 1.41. The fourth-order valence-corrected chi connectivity index (χ4v) is 0.869. The number of imidazole rings is 1. The van der Waals surface area contributed by atoms with Gasteiger partial charge in [-0.2, -0.15) is 0 Å². The molecule has 4 heteroatoms. The summed E-state index contributed by atoms with van der Waals surface area (Å²) in [5.74, 6) is 0.415. The van der Waals surface area contributed by atoms with E-state index in [0.717, 1.165) is 0 Å². The number of nitrogens with zero attached hydrogens (tertiary/aromatic N) is 2. The minimum absolute atomic E-state index is 0.135. The third kappa shape index (κ3) is 1.88. The molecule has 0 saturated carbocycles. The Kier molecular flexibility index (Phi) is 2.80. The molecule has 0 aromatic carbocycles. The van der Waals surface area contributed by atoms with Crippen molar-refractivity contribution in [1.82, 2.24) is 9.55 Å². The molecule has 1 heterocycles. The Hall–Kier alpha value is -1.16. The molecular weight excluding hydrogens is 144 g/mol. The molecule has 1 aromatic heterocycles. The maximum Gasteiger partial charge on any atom is 0.185 e. The van der Waals surface area contributed by atoms with Crippen LogP contribution in [-0.2, 0) is 6.54 Å². The molecule has 0 amide bonds. The Labute approximate surface area is 64.5 Å². The standard InChI is InChI=1S/C7H10N2O2/c10-5-1-3-9-4-2-8-7(9)6-11/h2,4,6,10H,1,3,5H2. The van der Waals surface area contributed by atoms with Gasteiger partial charge in [0.1, 0.15) is 0 Å². The number of aromatic nitrogens is 2. The molecule has 0 aliphatic heterocycles. The van der Waals surface area contributed by atoms with Gasteiger partial charge in [0.15, 0.2) is 12.1 Å². The number of aliphatic hydroxyl groups is 1. The Bertz CT molecular complexity index is 232. The van der Waals surface area contributed by atoms with Crippen LogP contribution in [0.4, 0.5) is 0 Å². The van der Waals surface area contributed by atoms with Crippen LogP contribution in [0.5, 0.6) is 0 Å². The van der Waals surface area contributed by atoms with E-state index in [4.69, 9.17) is 5.11 Å². The van der Waals surface area contributed by atoms with Crippen LogP contribution in [-0.4, -0.2) is 27.6 Å². The van der Waals surface area contributed by atoms with E-state index in [9.17, 15) is 4.79 Å². The van der Waals surface area contributed by atoms with Gasteiger partial charge >= 0.3 is 0 Å². The quantitative estimate of drug-likeness (QED) is 0.625. The van der Waals surface area contributed by atoms with Crippen molar-refractivity contribution >= 4 is 6.29 Å². The second-order valence-electron chi connectivity index (χ2n) is 2.17. The summed E-state index contributed by atoms with van der Waals surface area (Å²) >= 11 is 0. The fourth-order valence-electron chi connectivity index (χ4n) is 0.869. The molecule has 0 atom stereocenters. The first kappa shape index (κ1) is 7.94. The van der Waals surface area contributed by atoms with Crippen LogP contribution < -0.4 is 0 Å². The Morgan fingerprint density at radius 2 is 2.55 bits per heavy atom. The zero-order valence-electron chi connectivity index (χ0n) is 6.10. The highest BCUT2D eigenvalue weighted by Crippen LogP contribution is 1.95. The summed E-state index contributed by atoms with van der Waals surface area (Å²) in [6.07, 6.45) is 4.65. The van der Waals surface area contributed by atoms with Crippen molar-refractivity contribution in [1.29, 1.82) is 0 Å². The molecule has 0 aliphatic carbocycles. The lowest BCUT2D eigenvalue weighted by atomic mass is 10.4. The highest BCUT2D eigenvalue weighted by molar-refractivity contribution is 5.69. The Morgan fingerprint density at radius 1 is 1.73 bits per heavy atom. The number of rotatable bonds is 4. The van der Waals surface area contributed by atoms with Crippen molar-refractivity contribution in [2.24, 2.45) is 0 Å². The van der Waals surface area contributed by atoms with Crippen LogP contribution in [0, 0.1) is 0 Å². The largest absolute Gasteiger partial charge is 0.396 e. The molecule has 4 nitrogen and oxygen atoms in total. The van der Waals surface area contributed by atoms with Crippen molar-refractivity contribution in [2.75, 3.05) is 6.61 Å². The molecule has 60 valence electrons. The van der Waals surface area contributed by atoms with E-state index < -0.39 is 0 Å². The van der Waals surface area contributed by atoms with E-state index in [-0.39, 0.29) is 6.61 Å². The molecule has 0 radical (unpaired) electrons. The molecule has 0 saturated heterocycles. The number of carbonyl (C=O) groups is 1. The lowest BCUT2D eigenvalue weighted by Gasteiger charge is -2.00. The van der Waals surface area contributed by atoms with Crippen molar-refractivity contribution < 1.29 is 9.90 Å². The normalized spacial score (nSPS) is 9.91. The molecule has 1 N–H and O–H groups in total. The van der Waals surface area contributed by atoms with E-state index in [1.54, 1.807) is 17.0 Å². The van der Waals surface area contributed by atoms with Gasteiger partial charge in [-0.3, -0.25) is 4.79 Å². The molecule has 0 fully saturated rings. The highest BCUT2D eigenvalue weighted by Gasteiger charge is 1.98. The second kappa shape index (κ2) is 3.88. The van der Waals surface area contributed by atoms with Gasteiger partial charge in [0.25, 0.3) is 0 Å². The molecule has 1 rings (SSSR count). The van der Waals surface area contributed by atoms with E-state index >= 15 is 0 Å². The third-order valence-corrected chi connectivity index (χ3v) is 1.41. The van der Waals surface area contributed by atoms with Gasteiger partial charge in [-0.15, -0.1) is 0 Å². The number of hydrogen-bond donors (Lipinski definition) is 1. The summed E-state index contributed by atoms with van der Waals surface area (Å²) in [4.78, 5) is 14.1. The summed E-state index contributed by atoms with van der Waals surface area (Å²) in [7, 11) is 0. The highest BCUT2D eigenvalue weighted by atomic mass is 16.3. The van der Waals surface area contributed by atoms with Gasteiger partial charge in [-0.1, -0.05) is 0 Å². The first-order valence-electron chi connectivity index (χ1n) is 3.45. The van der Waals surface area contributed by atoms with E-state index in [2.05, 4.69) is 4.98 Å². The van der Waals surface area contributed by atoms with E-state index in [0.29, 0.717) is 25.1 Å². The topological polar surface area (TPSA) is 55.1 Å². The lowest BCUT2D eigenvalue weighted by molar-refractivity contribution is 0.111. The average Bonchev–Trinajstić information content (AvgIpc) is 2.47. The monoisotopic (exact) mass is 154 g/mol. The van der Waals surface area contributed by atoms with Crippen LogP contribution in [0.25, 0.3) is 0 Å². The number of aldehydes is 1. The molecule has 0 bridgehead atoms. The summed E-state index contributed by atoms with van der Waals surface area (Å²) in [5.41, 5.74) is 0. The van der Waals surface area contributed by atoms with Crippen molar-refractivity contribution in [3.8, 4) is 0 Å². The van der Waals surface area contributed by atoms with Crippen molar-refractivity contribution in [3.63, 3.8) is 0 Å². The zero-order valence-corrected chi connectivity index (χ0v) is 6.10. The SMILES string of the molecule is O=Cc1nccn1CCCO. The van der Waals surface area contributed by atoms with Gasteiger partial charge in [0.05, 0.1) is 0 Å². The minimum atomic E-state index is 0.135. The zero-order chi connectivity index (χ0) is 8.10. The van der Waals surface area contributed by atoms with Crippen LogP contribution in [0.1, 0.15) is 17.0 Å². The first-order chi connectivity index (χ1) is 5.38. The van der Waals surface area contributed by atoms with Crippen LogP contribution >= 0.6 is 0 Å². The number of aliphatic hydroxyl groups excluding tert-OH is 1. The van der Waals surface area contributed by atoms with Gasteiger partial charge in [0.2, 0.25) is 0 Å². The molecule has 0 unspecified atom stereocenters. The van der Waals surface area contributed by atoms with Crippen LogP contribution in [0.3, 0.4) is 0 Å². The van der Waals surface area contributed by atoms with Crippen LogP contribution in [0.15, 0.2) is 12.4 Å². The summed E-state index contributed by atoms with van der Waals surface area (Å²) in [6.45, 7) is 0.779. The van der Waals surface area contributed by atoms with Gasteiger partial charge in [-0.05, 0) is 6.42 Å². The minimum Gasteiger partial charge on any atom is -0.396 e. The van der Waals surface area contributed by atoms with Gasteiger partial charge in [-0.25, -0.2) is 4.98 Å². The van der Waals surface area contributed by atoms with Crippen molar-refractivity contribution in [3.05, 3.63) is 18.2 Å². The second-order valence-corrected chi connectivity index (χ2v) is 2.17. The molecule has 11 heavy (non-hydrogen) atoms.